The molecule has 3 rings (SSSR count). The minimum Gasteiger partial charge on any atom is -0.465 e. The molecule has 0 aliphatic carbocycles. The Morgan fingerprint density at radius 2 is 2.07 bits per heavy atom. The fraction of sp³-hybridized carbons (Fsp3) is 0.250. The molecule has 6 nitrogen and oxygen atoms in total. The Morgan fingerprint density at radius 1 is 1.32 bits per heavy atom. The highest BCUT2D eigenvalue weighted by molar-refractivity contribution is 6.30. The van der Waals surface area contributed by atoms with E-state index < -0.39 is 23.2 Å². The van der Waals surface area contributed by atoms with Crippen LogP contribution in [0, 0.1) is 17.1 Å². The topological polar surface area (TPSA) is 82.4 Å². The Hall–Kier alpha value is -3.11. The Balaban J connectivity index is 1.81. The highest BCUT2D eigenvalue weighted by Gasteiger charge is 2.43. The largest absolute Gasteiger partial charge is 0.465 e. The molecule has 1 aliphatic rings. The number of para-hydroxylation sites is 1. The van der Waals surface area contributed by atoms with Gasteiger partial charge in [0.1, 0.15) is 11.2 Å². The second-order valence-corrected chi connectivity index (χ2v) is 6.89. The number of halogens is 2. The number of rotatable bonds is 3. The first-order valence-corrected chi connectivity index (χ1v) is 8.88. The fourth-order valence-electron chi connectivity index (χ4n) is 3.31. The van der Waals surface area contributed by atoms with Crippen LogP contribution < -0.4 is 5.32 Å². The molecule has 2 aromatic carbocycles. The standard InChI is InChI=1S/C20H17ClFN3O3/c1-28-18(26)14-4-2-3-5-17(14)24-19(27)25-9-8-20(11-23,12-25)15-7-6-13(21)10-16(15)22/h2-7,10H,8-9,12H2,1H3,(H,24,27). The maximum atomic E-state index is 14.4. The zero-order valence-corrected chi connectivity index (χ0v) is 15.8. The number of hydrogen-bond donors (Lipinski definition) is 1. The molecule has 1 saturated heterocycles. The number of esters is 1. The number of anilines is 1. The van der Waals surface area contributed by atoms with Crippen LogP contribution in [-0.2, 0) is 10.2 Å². The van der Waals surface area contributed by atoms with Gasteiger partial charge in [0.05, 0.1) is 24.4 Å². The molecule has 1 aliphatic heterocycles. The molecule has 0 aromatic heterocycles. The number of carbonyl (C=O) groups is 2. The van der Waals surface area contributed by atoms with Gasteiger partial charge in [0.2, 0.25) is 0 Å². The maximum absolute atomic E-state index is 14.4. The van der Waals surface area contributed by atoms with Crippen molar-refractivity contribution in [2.24, 2.45) is 0 Å². The molecule has 0 spiro atoms. The Labute approximate surface area is 166 Å². The van der Waals surface area contributed by atoms with Crippen LogP contribution in [-0.4, -0.2) is 37.1 Å². The van der Waals surface area contributed by atoms with E-state index in [2.05, 4.69) is 11.4 Å². The second kappa shape index (κ2) is 7.87. The molecule has 8 heteroatoms. The van der Waals surface area contributed by atoms with Crippen LogP contribution in [0.15, 0.2) is 42.5 Å². The first-order chi connectivity index (χ1) is 13.4. The number of urea groups is 1. The van der Waals surface area contributed by atoms with E-state index >= 15 is 0 Å². The van der Waals surface area contributed by atoms with Crippen LogP contribution in [0.25, 0.3) is 0 Å². The zero-order valence-electron chi connectivity index (χ0n) is 15.0. The van der Waals surface area contributed by atoms with Gasteiger partial charge in [-0.3, -0.25) is 0 Å². The van der Waals surface area contributed by atoms with Gasteiger partial charge in [0.15, 0.2) is 0 Å². The summed E-state index contributed by atoms with van der Waals surface area (Å²) >= 11 is 5.80. The van der Waals surface area contributed by atoms with Gasteiger partial charge in [-0.05, 0) is 30.7 Å². The molecule has 0 radical (unpaired) electrons. The summed E-state index contributed by atoms with van der Waals surface area (Å²) in [6.45, 7) is 0.288. The second-order valence-electron chi connectivity index (χ2n) is 6.46. The van der Waals surface area contributed by atoms with Crippen molar-refractivity contribution >= 4 is 29.3 Å². The van der Waals surface area contributed by atoms with Gasteiger partial charge in [-0.15, -0.1) is 0 Å². The molecule has 144 valence electrons. The predicted molar refractivity (Wildman–Crippen MR) is 102 cm³/mol. The van der Waals surface area contributed by atoms with Gasteiger partial charge in [-0.25, -0.2) is 14.0 Å². The molecule has 2 aromatic rings. The van der Waals surface area contributed by atoms with E-state index in [-0.39, 0.29) is 35.7 Å². The van der Waals surface area contributed by atoms with Gasteiger partial charge in [0, 0.05) is 23.7 Å². The van der Waals surface area contributed by atoms with Crippen molar-refractivity contribution in [3.8, 4) is 6.07 Å². The number of likely N-dealkylation sites (tertiary alicyclic amines) is 1. The lowest BCUT2D eigenvalue weighted by Gasteiger charge is -2.23. The van der Waals surface area contributed by atoms with E-state index in [0.717, 1.165) is 6.07 Å². The van der Waals surface area contributed by atoms with Crippen LogP contribution >= 0.6 is 11.6 Å². The number of ether oxygens (including phenoxy) is 1. The number of benzene rings is 2. The molecule has 1 heterocycles. The monoisotopic (exact) mass is 401 g/mol. The molecular weight excluding hydrogens is 385 g/mol. The number of nitrogens with zero attached hydrogens (tertiary/aromatic N) is 2. The van der Waals surface area contributed by atoms with E-state index in [0.29, 0.717) is 5.69 Å². The van der Waals surface area contributed by atoms with Crippen LogP contribution in [0.3, 0.4) is 0 Å². The third-order valence-electron chi connectivity index (χ3n) is 4.79. The van der Waals surface area contributed by atoms with E-state index in [1.807, 2.05) is 0 Å². The SMILES string of the molecule is COC(=O)c1ccccc1NC(=O)N1CCC(C#N)(c2ccc(Cl)cc2F)C1. The summed E-state index contributed by atoms with van der Waals surface area (Å²) in [5, 5.41) is 12.6. The molecule has 0 bridgehead atoms. The molecule has 0 saturated carbocycles. The Kier molecular flexibility index (Phi) is 5.52. The highest BCUT2D eigenvalue weighted by Crippen LogP contribution is 2.36. The van der Waals surface area contributed by atoms with Crippen molar-refractivity contribution in [3.05, 3.63) is 64.4 Å². The molecule has 28 heavy (non-hydrogen) atoms. The highest BCUT2D eigenvalue weighted by atomic mass is 35.5. The third kappa shape index (κ3) is 3.64. The molecule has 1 atom stereocenters. The van der Waals surface area contributed by atoms with Gasteiger partial charge >= 0.3 is 12.0 Å². The lowest BCUT2D eigenvalue weighted by atomic mass is 9.81. The van der Waals surface area contributed by atoms with Crippen LogP contribution in [0.5, 0.6) is 0 Å². The quantitative estimate of drug-likeness (QED) is 0.789. The molecule has 2 amide bonds. The average molecular weight is 402 g/mol. The summed E-state index contributed by atoms with van der Waals surface area (Å²) in [5.74, 6) is -1.15. The number of methoxy groups -OCH3 is 1. The maximum Gasteiger partial charge on any atom is 0.339 e. The van der Waals surface area contributed by atoms with Crippen molar-refractivity contribution in [2.45, 2.75) is 11.8 Å². The van der Waals surface area contributed by atoms with Crippen molar-refractivity contribution in [3.63, 3.8) is 0 Å². The first kappa shape index (κ1) is 19.6. The number of carbonyl (C=O) groups excluding carboxylic acids is 2. The number of hydrogen-bond acceptors (Lipinski definition) is 4. The smallest absolute Gasteiger partial charge is 0.339 e. The lowest BCUT2D eigenvalue weighted by Crippen LogP contribution is -2.37. The van der Waals surface area contributed by atoms with E-state index in [1.165, 1.54) is 30.2 Å². The number of nitriles is 1. The van der Waals surface area contributed by atoms with Crippen molar-refractivity contribution < 1.29 is 18.7 Å². The van der Waals surface area contributed by atoms with E-state index in [1.54, 1.807) is 18.2 Å². The van der Waals surface area contributed by atoms with E-state index in [4.69, 9.17) is 16.3 Å². The van der Waals surface area contributed by atoms with Gasteiger partial charge < -0.3 is 15.0 Å². The Morgan fingerprint density at radius 3 is 2.75 bits per heavy atom. The fourth-order valence-corrected chi connectivity index (χ4v) is 3.47. The minimum atomic E-state index is -1.16. The van der Waals surface area contributed by atoms with Gasteiger partial charge in [-0.1, -0.05) is 29.8 Å². The minimum absolute atomic E-state index is 0.0221. The zero-order chi connectivity index (χ0) is 20.3. The van der Waals surface area contributed by atoms with Crippen molar-refractivity contribution in [1.29, 1.82) is 5.26 Å². The average Bonchev–Trinajstić information content (AvgIpc) is 3.13. The summed E-state index contributed by atoms with van der Waals surface area (Å²) < 4.78 is 19.1. The first-order valence-electron chi connectivity index (χ1n) is 8.50. The molecule has 1 unspecified atom stereocenters. The van der Waals surface area contributed by atoms with Crippen LogP contribution in [0.2, 0.25) is 5.02 Å². The van der Waals surface area contributed by atoms with Gasteiger partial charge in [0.25, 0.3) is 0 Å². The normalized spacial score (nSPS) is 18.4. The van der Waals surface area contributed by atoms with Crippen molar-refractivity contribution in [1.82, 2.24) is 4.90 Å². The summed E-state index contributed by atoms with van der Waals surface area (Å²) in [4.78, 5) is 26.0. The third-order valence-corrected chi connectivity index (χ3v) is 5.03. The van der Waals surface area contributed by atoms with Crippen LogP contribution in [0.4, 0.5) is 14.9 Å². The summed E-state index contributed by atoms with van der Waals surface area (Å²) in [6.07, 6.45) is 0.286. The van der Waals surface area contributed by atoms with E-state index in [9.17, 15) is 19.2 Å². The van der Waals surface area contributed by atoms with Gasteiger partial charge in [-0.2, -0.15) is 5.26 Å². The molecular formula is C20H17ClFN3O3. The molecule has 1 fully saturated rings. The number of amides is 2. The summed E-state index contributed by atoms with van der Waals surface area (Å²) in [5.41, 5.74) is -0.433. The summed E-state index contributed by atoms with van der Waals surface area (Å²) in [7, 11) is 1.25. The van der Waals surface area contributed by atoms with Crippen LogP contribution in [0.1, 0.15) is 22.3 Å². The lowest BCUT2D eigenvalue weighted by molar-refractivity contribution is 0.0602. The number of nitrogens with one attached hydrogen (secondary N) is 1. The molecule has 1 N–H and O–H groups in total. The Bertz CT molecular complexity index is 975. The predicted octanol–water partition coefficient (Wildman–Crippen LogP) is 3.96. The van der Waals surface area contributed by atoms with Crippen molar-refractivity contribution in [2.75, 3.05) is 25.5 Å². The summed E-state index contributed by atoms with van der Waals surface area (Å²) in [6, 6.07) is 12.3.